The Labute approximate surface area is 85.5 Å². The average molecular weight is 214 g/mol. The molecule has 0 saturated carbocycles. The first-order valence-corrected chi connectivity index (χ1v) is 4.20. The quantitative estimate of drug-likeness (QED) is 0.750. The van der Waals surface area contributed by atoms with Gasteiger partial charge >= 0.3 is 6.18 Å². The van der Waals surface area contributed by atoms with Crippen LogP contribution in [0.3, 0.4) is 0 Å². The average Bonchev–Trinajstić information content (AvgIpc) is 2.18. The van der Waals surface area contributed by atoms with Crippen molar-refractivity contribution >= 4 is 0 Å². The van der Waals surface area contributed by atoms with Crippen LogP contribution in [-0.4, -0.2) is 11.3 Å². The second kappa shape index (κ2) is 3.95. The van der Waals surface area contributed by atoms with Crippen LogP contribution in [0, 0.1) is 12.3 Å². The first kappa shape index (κ1) is 11.6. The van der Waals surface area contributed by atoms with Crippen molar-refractivity contribution < 1.29 is 18.3 Å². The van der Waals surface area contributed by atoms with E-state index in [-0.39, 0.29) is 5.56 Å². The lowest BCUT2D eigenvalue weighted by Gasteiger charge is -2.29. The molecule has 1 atom stereocenters. The number of rotatable bonds is 2. The smallest absolute Gasteiger partial charge is 0.376 e. The predicted molar refractivity (Wildman–Crippen MR) is 49.8 cm³/mol. The van der Waals surface area contributed by atoms with Gasteiger partial charge in [0.05, 0.1) is 6.42 Å². The molecule has 0 heterocycles. The Balaban J connectivity index is 3.20. The Kier molecular flexibility index (Phi) is 3.06. The lowest BCUT2D eigenvalue weighted by atomic mass is 9.90. The zero-order valence-electron chi connectivity index (χ0n) is 7.75. The van der Waals surface area contributed by atoms with Gasteiger partial charge in [0.1, 0.15) is 0 Å². The van der Waals surface area contributed by atoms with Gasteiger partial charge in [0.15, 0.2) is 5.60 Å². The molecule has 0 amide bonds. The maximum atomic E-state index is 12.6. The number of terminal acetylenes is 1. The van der Waals surface area contributed by atoms with Gasteiger partial charge in [0, 0.05) is 0 Å². The Bertz CT molecular complexity index is 364. The molecule has 0 bridgehead atoms. The van der Waals surface area contributed by atoms with Gasteiger partial charge in [-0.25, -0.2) is 0 Å². The molecule has 0 saturated heterocycles. The summed E-state index contributed by atoms with van der Waals surface area (Å²) in [4.78, 5) is 0. The van der Waals surface area contributed by atoms with E-state index in [0.29, 0.717) is 0 Å². The van der Waals surface area contributed by atoms with Crippen molar-refractivity contribution in [1.82, 2.24) is 0 Å². The first-order chi connectivity index (χ1) is 6.92. The van der Waals surface area contributed by atoms with E-state index < -0.39 is 18.2 Å². The molecule has 0 aromatic heterocycles. The van der Waals surface area contributed by atoms with Crippen LogP contribution in [0.2, 0.25) is 0 Å². The number of halogens is 3. The van der Waals surface area contributed by atoms with E-state index >= 15 is 0 Å². The second-order valence-corrected chi connectivity index (χ2v) is 3.10. The molecule has 0 radical (unpaired) electrons. The lowest BCUT2D eigenvalue weighted by Crippen LogP contribution is -2.41. The zero-order chi connectivity index (χ0) is 11.5. The second-order valence-electron chi connectivity index (χ2n) is 3.10. The van der Waals surface area contributed by atoms with Gasteiger partial charge in [-0.2, -0.15) is 13.2 Å². The normalized spacial score (nSPS) is 15.4. The van der Waals surface area contributed by atoms with Crippen LogP contribution in [0.4, 0.5) is 13.2 Å². The van der Waals surface area contributed by atoms with Crippen molar-refractivity contribution in [3.63, 3.8) is 0 Å². The Morgan fingerprint density at radius 2 is 1.73 bits per heavy atom. The summed E-state index contributed by atoms with van der Waals surface area (Å²) in [5.74, 6) is 1.84. The largest absolute Gasteiger partial charge is 0.422 e. The SMILES string of the molecule is C#CC[C@](O)(c1ccccc1)C(F)(F)F. The molecule has 4 heteroatoms. The third-order valence-electron chi connectivity index (χ3n) is 2.08. The summed E-state index contributed by atoms with van der Waals surface area (Å²) in [7, 11) is 0. The summed E-state index contributed by atoms with van der Waals surface area (Å²) in [5, 5.41) is 9.55. The molecule has 1 aromatic carbocycles. The zero-order valence-corrected chi connectivity index (χ0v) is 7.75. The molecule has 0 aliphatic carbocycles. The highest BCUT2D eigenvalue weighted by Gasteiger charge is 2.54. The summed E-state index contributed by atoms with van der Waals surface area (Å²) in [6.45, 7) is 0. The number of hydrogen-bond acceptors (Lipinski definition) is 1. The number of aliphatic hydroxyl groups is 1. The summed E-state index contributed by atoms with van der Waals surface area (Å²) in [6, 6.07) is 6.80. The molecule has 1 N–H and O–H groups in total. The van der Waals surface area contributed by atoms with E-state index in [1.165, 1.54) is 24.3 Å². The highest BCUT2D eigenvalue weighted by Crippen LogP contribution is 2.41. The van der Waals surface area contributed by atoms with Crippen molar-refractivity contribution in [2.24, 2.45) is 0 Å². The van der Waals surface area contributed by atoms with E-state index in [1.54, 1.807) is 6.07 Å². The summed E-state index contributed by atoms with van der Waals surface area (Å²) < 4.78 is 37.9. The summed E-state index contributed by atoms with van der Waals surface area (Å²) >= 11 is 0. The molecule has 0 aliphatic heterocycles. The standard InChI is InChI=1S/C11H9F3O/c1-2-8-10(15,11(12,13)14)9-6-4-3-5-7-9/h1,3-7,15H,8H2/t10-/m0/s1. The third-order valence-corrected chi connectivity index (χ3v) is 2.08. The van der Waals surface area contributed by atoms with Crippen LogP contribution in [0.1, 0.15) is 12.0 Å². The maximum absolute atomic E-state index is 12.6. The molecule has 0 fully saturated rings. The van der Waals surface area contributed by atoms with Crippen LogP contribution in [0.15, 0.2) is 30.3 Å². The van der Waals surface area contributed by atoms with E-state index in [1.807, 2.05) is 5.92 Å². The summed E-state index contributed by atoms with van der Waals surface area (Å²) in [6.07, 6.45) is -0.730. The van der Waals surface area contributed by atoms with E-state index in [2.05, 4.69) is 0 Å². The van der Waals surface area contributed by atoms with Crippen LogP contribution >= 0.6 is 0 Å². The topological polar surface area (TPSA) is 20.2 Å². The van der Waals surface area contributed by atoms with Gasteiger partial charge < -0.3 is 5.11 Å². The van der Waals surface area contributed by atoms with Gasteiger partial charge in [-0.05, 0) is 5.56 Å². The van der Waals surface area contributed by atoms with Gasteiger partial charge in [0.2, 0.25) is 0 Å². The van der Waals surface area contributed by atoms with Crippen molar-refractivity contribution in [2.45, 2.75) is 18.2 Å². The fraction of sp³-hybridized carbons (Fsp3) is 0.273. The minimum Gasteiger partial charge on any atom is -0.376 e. The third kappa shape index (κ3) is 2.13. The van der Waals surface area contributed by atoms with Gasteiger partial charge in [-0.3, -0.25) is 0 Å². The van der Waals surface area contributed by atoms with E-state index in [0.717, 1.165) is 0 Å². The van der Waals surface area contributed by atoms with Crippen LogP contribution in [-0.2, 0) is 5.60 Å². The van der Waals surface area contributed by atoms with E-state index in [4.69, 9.17) is 6.42 Å². The Morgan fingerprint density at radius 1 is 1.20 bits per heavy atom. The van der Waals surface area contributed by atoms with Crippen LogP contribution in [0.5, 0.6) is 0 Å². The molecule has 1 nitrogen and oxygen atoms in total. The monoisotopic (exact) mass is 214 g/mol. The Morgan fingerprint density at radius 3 is 2.13 bits per heavy atom. The lowest BCUT2D eigenvalue weighted by molar-refractivity contribution is -0.264. The van der Waals surface area contributed by atoms with E-state index in [9.17, 15) is 18.3 Å². The molecular weight excluding hydrogens is 205 g/mol. The van der Waals surface area contributed by atoms with Gasteiger partial charge in [-0.1, -0.05) is 30.3 Å². The van der Waals surface area contributed by atoms with Crippen LogP contribution < -0.4 is 0 Å². The molecular formula is C11H9F3O. The molecule has 1 rings (SSSR count). The Hall–Kier alpha value is -1.47. The summed E-state index contributed by atoms with van der Waals surface area (Å²) in [5.41, 5.74) is -3.20. The van der Waals surface area contributed by atoms with Gasteiger partial charge in [0.25, 0.3) is 0 Å². The van der Waals surface area contributed by atoms with Crippen LogP contribution in [0.25, 0.3) is 0 Å². The first-order valence-electron chi connectivity index (χ1n) is 4.20. The fourth-order valence-corrected chi connectivity index (χ4v) is 1.23. The molecule has 0 aliphatic rings. The molecule has 80 valence electrons. The number of benzene rings is 1. The predicted octanol–water partition coefficient (Wildman–Crippen LogP) is 2.46. The van der Waals surface area contributed by atoms with Crippen molar-refractivity contribution in [3.05, 3.63) is 35.9 Å². The van der Waals surface area contributed by atoms with Gasteiger partial charge in [-0.15, -0.1) is 12.3 Å². The minimum atomic E-state index is -4.78. The molecule has 0 unspecified atom stereocenters. The van der Waals surface area contributed by atoms with Crippen molar-refractivity contribution in [1.29, 1.82) is 0 Å². The highest BCUT2D eigenvalue weighted by atomic mass is 19.4. The van der Waals surface area contributed by atoms with Crippen molar-refractivity contribution in [2.75, 3.05) is 0 Å². The molecule has 15 heavy (non-hydrogen) atoms. The highest BCUT2D eigenvalue weighted by molar-refractivity contribution is 5.25. The van der Waals surface area contributed by atoms with Crippen molar-refractivity contribution in [3.8, 4) is 12.3 Å². The fourth-order valence-electron chi connectivity index (χ4n) is 1.23. The number of hydrogen-bond donors (Lipinski definition) is 1. The number of alkyl halides is 3. The maximum Gasteiger partial charge on any atom is 0.422 e. The minimum absolute atomic E-state index is 0.240. The molecule has 0 spiro atoms. The molecule has 1 aromatic rings.